The molecule has 1 saturated heterocycles. The minimum absolute atomic E-state index is 0.0280. The van der Waals surface area contributed by atoms with E-state index >= 15 is 4.39 Å². The molecule has 0 bridgehead atoms. The fraction of sp³-hybridized carbons (Fsp3) is 0.562. The Morgan fingerprint density at radius 2 is 1.98 bits per heavy atom. The van der Waals surface area contributed by atoms with Crippen LogP contribution in [0.4, 0.5) is 14.5 Å². The highest BCUT2D eigenvalue weighted by molar-refractivity contribution is 7.88. The minimum Gasteiger partial charge on any atom is -0.355 e. The largest absolute Gasteiger partial charge is 0.355 e. The first-order chi connectivity index (χ1) is 21.0. The number of rotatable bonds is 11. The molecular formula is C32H42Cl2F2N4O4S. The lowest BCUT2D eigenvalue weighted by Crippen LogP contribution is -2.50. The first-order valence-corrected chi connectivity index (χ1v) is 17.7. The van der Waals surface area contributed by atoms with Crippen LogP contribution in [0, 0.1) is 23.1 Å². The lowest BCUT2D eigenvalue weighted by Gasteiger charge is -2.37. The summed E-state index contributed by atoms with van der Waals surface area (Å²) in [4.78, 5) is 28.1. The van der Waals surface area contributed by atoms with Gasteiger partial charge in [0.2, 0.25) is 21.8 Å². The number of fused-ring (bicyclic) bond motifs is 2. The molecule has 3 aliphatic rings. The second-order valence-electron chi connectivity index (χ2n) is 13.6. The van der Waals surface area contributed by atoms with E-state index in [4.69, 9.17) is 23.2 Å². The van der Waals surface area contributed by atoms with Crippen LogP contribution in [-0.4, -0.2) is 57.8 Å². The van der Waals surface area contributed by atoms with Gasteiger partial charge in [-0.3, -0.25) is 9.59 Å². The Morgan fingerprint density at radius 1 is 1.27 bits per heavy atom. The maximum absolute atomic E-state index is 15.0. The number of alkyl halides is 1. The predicted octanol–water partition coefficient (Wildman–Crippen LogP) is 5.49. The van der Waals surface area contributed by atoms with Crippen LogP contribution in [0.15, 0.2) is 47.5 Å². The Hall–Kier alpha value is -2.31. The lowest BCUT2D eigenvalue weighted by atomic mass is 9.62. The minimum atomic E-state index is -3.30. The third-order valence-corrected chi connectivity index (χ3v) is 10.1. The van der Waals surface area contributed by atoms with Crippen LogP contribution in [-0.2, 0) is 25.0 Å². The van der Waals surface area contributed by atoms with Crippen LogP contribution >= 0.6 is 23.2 Å². The number of halogens is 4. The van der Waals surface area contributed by atoms with Gasteiger partial charge in [0.1, 0.15) is 17.9 Å². The fourth-order valence-electron chi connectivity index (χ4n) is 7.17. The van der Waals surface area contributed by atoms with E-state index in [0.29, 0.717) is 42.6 Å². The van der Waals surface area contributed by atoms with Crippen LogP contribution in [0.2, 0.25) is 5.02 Å². The van der Waals surface area contributed by atoms with Crippen LogP contribution < -0.4 is 20.7 Å². The van der Waals surface area contributed by atoms with Gasteiger partial charge in [-0.25, -0.2) is 21.9 Å². The molecule has 45 heavy (non-hydrogen) atoms. The summed E-state index contributed by atoms with van der Waals surface area (Å²) in [5, 5.41) is 9.17. The van der Waals surface area contributed by atoms with Crippen molar-refractivity contribution in [3.8, 4) is 0 Å². The van der Waals surface area contributed by atoms with Gasteiger partial charge < -0.3 is 16.0 Å². The summed E-state index contributed by atoms with van der Waals surface area (Å²) < 4.78 is 54.0. The Labute approximate surface area is 274 Å². The zero-order chi connectivity index (χ0) is 33.3. The van der Waals surface area contributed by atoms with E-state index in [1.807, 2.05) is 20.8 Å². The summed E-state index contributed by atoms with van der Waals surface area (Å²) in [5.41, 5.74) is -0.543. The summed E-state index contributed by atoms with van der Waals surface area (Å²) in [6.07, 6.45) is 9.01. The molecule has 6 atom stereocenters. The standard InChI is InChI=1S/C32H42Cl2F2N4O4S/c1-18(7-6-8-20(33)17-35)27-28(29(41)37-12-11-19-9-10-21(13-19)40-45(5,43)44)39-26(16-31(2,3)4)32(27)22-14-24(36)23(34)15-25(22)38-30(32)42/h6-8,14-15,19,21,26-28,39-40H,1,9-13,16-17H2,2-5H3,(H,37,41)(H,38,42)/b7-6-,20-8+/t19-,21+,26-,27+,28-,32+/m1/s1. The van der Waals surface area contributed by atoms with Crippen LogP contribution in [0.5, 0.6) is 0 Å². The van der Waals surface area contributed by atoms with Crippen molar-refractivity contribution in [3.63, 3.8) is 0 Å². The molecule has 2 fully saturated rings. The van der Waals surface area contributed by atoms with Gasteiger partial charge in [-0.05, 0) is 72.8 Å². The Bertz CT molecular complexity index is 1510. The highest BCUT2D eigenvalue weighted by atomic mass is 35.5. The van der Waals surface area contributed by atoms with Crippen molar-refractivity contribution in [2.24, 2.45) is 17.3 Å². The molecule has 0 unspecified atom stereocenters. The van der Waals surface area contributed by atoms with E-state index in [0.717, 1.165) is 19.1 Å². The maximum atomic E-state index is 15.0. The molecule has 2 amide bonds. The molecule has 248 valence electrons. The number of nitrogens with one attached hydrogen (secondary N) is 4. The van der Waals surface area contributed by atoms with E-state index in [9.17, 15) is 22.4 Å². The van der Waals surface area contributed by atoms with Crippen LogP contribution in [0.3, 0.4) is 0 Å². The molecule has 1 spiro atoms. The molecule has 4 N–H and O–H groups in total. The normalized spacial score (nSPS) is 28.6. The maximum Gasteiger partial charge on any atom is 0.237 e. The number of allylic oxidation sites excluding steroid dienone is 4. The number of amides is 2. The number of anilines is 1. The third-order valence-electron chi connectivity index (χ3n) is 8.87. The molecule has 1 aliphatic carbocycles. The van der Waals surface area contributed by atoms with Gasteiger partial charge in [-0.2, -0.15) is 0 Å². The van der Waals surface area contributed by atoms with Crippen LogP contribution in [0.25, 0.3) is 0 Å². The summed E-state index contributed by atoms with van der Waals surface area (Å²) in [7, 11) is -3.30. The lowest BCUT2D eigenvalue weighted by molar-refractivity contribution is -0.124. The van der Waals surface area contributed by atoms with E-state index in [-0.39, 0.29) is 33.3 Å². The zero-order valence-electron chi connectivity index (χ0n) is 26.0. The average Bonchev–Trinajstić information content (AvgIpc) is 3.58. The molecule has 4 rings (SSSR count). The van der Waals surface area contributed by atoms with Crippen molar-refractivity contribution in [3.05, 3.63) is 63.9 Å². The van der Waals surface area contributed by atoms with Crippen molar-refractivity contribution in [2.45, 2.75) is 76.4 Å². The molecule has 1 saturated carbocycles. The van der Waals surface area contributed by atoms with Crippen molar-refractivity contribution in [2.75, 3.05) is 24.8 Å². The van der Waals surface area contributed by atoms with Gasteiger partial charge in [0.25, 0.3) is 0 Å². The number of hydrogen-bond donors (Lipinski definition) is 4. The number of carbonyl (C=O) groups is 2. The second kappa shape index (κ2) is 13.8. The third kappa shape index (κ3) is 7.99. The van der Waals surface area contributed by atoms with Gasteiger partial charge in [-0.15, -0.1) is 0 Å². The summed E-state index contributed by atoms with van der Waals surface area (Å²) in [5.74, 6) is -2.05. The average molecular weight is 688 g/mol. The molecule has 1 aromatic carbocycles. The molecule has 0 aromatic heterocycles. The van der Waals surface area contributed by atoms with Crippen molar-refractivity contribution in [1.29, 1.82) is 0 Å². The number of sulfonamides is 1. The van der Waals surface area contributed by atoms with Crippen molar-refractivity contribution < 1.29 is 26.8 Å². The fourth-order valence-corrected chi connectivity index (χ4v) is 8.22. The SMILES string of the molecule is C=C(/C=C\C=C(\Cl)CF)[C@H]1[C@H](C(=O)NCC[C@H]2CC[C@H](NS(C)(=O)=O)C2)N[C@H](CC(C)(C)C)[C@]12C(=O)Nc1cc(Cl)c(F)cc12. The summed E-state index contributed by atoms with van der Waals surface area (Å²) in [6, 6.07) is 1.01. The Kier molecular flexibility index (Phi) is 10.9. The molecule has 1 aromatic rings. The first-order valence-electron chi connectivity index (χ1n) is 15.1. The predicted molar refractivity (Wildman–Crippen MR) is 175 cm³/mol. The number of hydrogen-bond acceptors (Lipinski definition) is 5. The molecule has 2 heterocycles. The molecule has 8 nitrogen and oxygen atoms in total. The molecule has 0 radical (unpaired) electrons. The van der Waals surface area contributed by atoms with Gasteiger partial charge in [0.05, 0.1) is 17.3 Å². The molecule has 2 aliphatic heterocycles. The van der Waals surface area contributed by atoms with Crippen LogP contribution in [0.1, 0.15) is 58.4 Å². The van der Waals surface area contributed by atoms with E-state index < -0.39 is 51.8 Å². The smallest absolute Gasteiger partial charge is 0.237 e. The van der Waals surface area contributed by atoms with E-state index in [1.54, 1.807) is 6.08 Å². The monoisotopic (exact) mass is 686 g/mol. The van der Waals surface area contributed by atoms with Gasteiger partial charge in [0.15, 0.2) is 0 Å². The van der Waals surface area contributed by atoms with Crippen molar-refractivity contribution >= 4 is 50.7 Å². The Balaban J connectivity index is 1.67. The van der Waals surface area contributed by atoms with Crippen molar-refractivity contribution in [1.82, 2.24) is 15.4 Å². The topological polar surface area (TPSA) is 116 Å². The second-order valence-corrected chi connectivity index (χ2v) is 16.3. The number of carbonyl (C=O) groups excluding carboxylic acids is 2. The quantitative estimate of drug-likeness (QED) is 0.230. The van der Waals surface area contributed by atoms with Gasteiger partial charge in [-0.1, -0.05) is 62.7 Å². The van der Waals surface area contributed by atoms with E-state index in [1.165, 1.54) is 24.3 Å². The van der Waals surface area contributed by atoms with Gasteiger partial charge in [0, 0.05) is 35.3 Å². The first kappa shape index (κ1) is 35.5. The molecule has 13 heteroatoms. The number of benzene rings is 1. The highest BCUT2D eigenvalue weighted by Gasteiger charge is 2.65. The van der Waals surface area contributed by atoms with E-state index in [2.05, 4.69) is 27.3 Å². The summed E-state index contributed by atoms with van der Waals surface area (Å²) >= 11 is 12.0. The highest BCUT2D eigenvalue weighted by Crippen LogP contribution is 2.55. The van der Waals surface area contributed by atoms with Gasteiger partial charge >= 0.3 is 0 Å². The molecular weight excluding hydrogens is 645 g/mol. The zero-order valence-corrected chi connectivity index (χ0v) is 28.3. The summed E-state index contributed by atoms with van der Waals surface area (Å²) in [6.45, 7) is 9.80. The Morgan fingerprint density at radius 3 is 2.62 bits per heavy atom.